The maximum absolute atomic E-state index is 13.5. The number of hydrogen-bond acceptors (Lipinski definition) is 8. The van der Waals surface area contributed by atoms with Gasteiger partial charge in [0.05, 0.1) is 31.2 Å². The van der Waals surface area contributed by atoms with Crippen LogP contribution in [-0.4, -0.2) is 70.6 Å². The van der Waals surface area contributed by atoms with E-state index in [9.17, 15) is 15.2 Å². The van der Waals surface area contributed by atoms with Crippen molar-refractivity contribution in [3.8, 4) is 17.1 Å². The monoisotopic (exact) mass is 480 g/mol. The lowest BCUT2D eigenvalue weighted by Crippen LogP contribution is -2.61. The molecule has 3 heterocycles. The van der Waals surface area contributed by atoms with Crippen molar-refractivity contribution < 1.29 is 14.2 Å². The van der Waals surface area contributed by atoms with E-state index in [0.717, 1.165) is 16.8 Å². The number of piperazine rings is 1. The van der Waals surface area contributed by atoms with E-state index in [4.69, 9.17) is 15.5 Å². The van der Waals surface area contributed by atoms with Crippen LogP contribution < -0.4 is 20.4 Å². The van der Waals surface area contributed by atoms with Crippen LogP contribution in [0.25, 0.3) is 11.4 Å². The summed E-state index contributed by atoms with van der Waals surface area (Å²) in [5, 5.41) is 33.2. The zero-order valence-corrected chi connectivity index (χ0v) is 19.9. The van der Waals surface area contributed by atoms with Crippen LogP contribution in [0.15, 0.2) is 24.4 Å². The molecule has 1 amide bonds. The molecule has 1 fully saturated rings. The number of anilines is 2. The molecule has 35 heavy (non-hydrogen) atoms. The molecule has 1 aromatic carbocycles. The number of quaternary nitrogens is 2. The Bertz CT molecular complexity index is 1310. The van der Waals surface area contributed by atoms with E-state index in [0.29, 0.717) is 41.6 Å². The van der Waals surface area contributed by atoms with Crippen molar-refractivity contribution >= 4 is 23.2 Å². The number of hydroxylamine groups is 5. The number of methoxy groups -OCH3 is 1. The summed E-state index contributed by atoms with van der Waals surface area (Å²) >= 11 is 0. The molecule has 3 aromatic rings. The van der Waals surface area contributed by atoms with Gasteiger partial charge in [-0.2, -0.15) is 5.10 Å². The number of amides is 1. The third-order valence-corrected chi connectivity index (χ3v) is 6.88. The maximum atomic E-state index is 13.5. The van der Waals surface area contributed by atoms with E-state index in [1.165, 1.54) is 0 Å². The summed E-state index contributed by atoms with van der Waals surface area (Å²) in [7, 11) is 4.89. The third-order valence-electron chi connectivity index (χ3n) is 6.88. The second kappa shape index (κ2) is 8.27. The largest absolute Gasteiger partial charge is 0.633 e. The molecule has 184 valence electrons. The Labute approximate surface area is 202 Å². The van der Waals surface area contributed by atoms with Crippen molar-refractivity contribution in [3.05, 3.63) is 51.6 Å². The first kappa shape index (κ1) is 23.2. The van der Waals surface area contributed by atoms with Gasteiger partial charge in [0.1, 0.15) is 37.6 Å². The van der Waals surface area contributed by atoms with Crippen LogP contribution in [0, 0.1) is 10.4 Å². The molecule has 0 bridgehead atoms. The van der Waals surface area contributed by atoms with E-state index in [2.05, 4.69) is 15.4 Å². The Kier molecular flexibility index (Phi) is 5.48. The number of nitrogens with two attached hydrogens (primary N) is 1. The first-order valence-electron chi connectivity index (χ1n) is 11.4. The average Bonchev–Trinajstić information content (AvgIpc) is 3.18. The normalized spacial score (nSPS) is 23.3. The van der Waals surface area contributed by atoms with Crippen LogP contribution in [-0.2, 0) is 19.9 Å². The number of aryl methyl sites for hydroxylation is 2. The lowest BCUT2D eigenvalue weighted by molar-refractivity contribution is -0.864. The highest BCUT2D eigenvalue weighted by Crippen LogP contribution is 2.37. The summed E-state index contributed by atoms with van der Waals surface area (Å²) < 4.78 is 6.14. The minimum Gasteiger partial charge on any atom is -0.633 e. The molecule has 0 saturated carbocycles. The van der Waals surface area contributed by atoms with E-state index in [-0.39, 0.29) is 31.9 Å². The van der Waals surface area contributed by atoms with Crippen molar-refractivity contribution in [1.29, 1.82) is 0 Å². The van der Waals surface area contributed by atoms with Gasteiger partial charge in [0.2, 0.25) is 5.95 Å². The van der Waals surface area contributed by atoms with Gasteiger partial charge in [-0.25, -0.2) is 9.97 Å². The molecule has 5 rings (SSSR count). The zero-order valence-electron chi connectivity index (χ0n) is 19.9. The summed E-state index contributed by atoms with van der Waals surface area (Å²) in [6, 6.07) is 5.19. The van der Waals surface area contributed by atoms with Crippen LogP contribution in [0.1, 0.15) is 21.6 Å². The van der Waals surface area contributed by atoms with Crippen LogP contribution in [0.2, 0.25) is 0 Å². The molecular formula is C23H28N8O4. The standard InChI is InChI=1S/C23H28N8O4/c1-29-21-16(20(28-29)22(24)32)6-4-14-13-25-23(27-19(14)21)26-17-12-15(5-7-18(17)35-3)31(34)10-8-30(2,33)9-11-31/h5,7,12-13H,4,6,8-11H2,1-3H3,(H2,24,32)(H,25,26,27). The minimum atomic E-state index is -0.575. The van der Waals surface area contributed by atoms with Crippen molar-refractivity contribution in [3.63, 3.8) is 0 Å². The van der Waals surface area contributed by atoms with Gasteiger partial charge in [-0.1, -0.05) is 0 Å². The first-order valence-corrected chi connectivity index (χ1v) is 11.4. The fourth-order valence-electron chi connectivity index (χ4n) is 4.81. The summed E-state index contributed by atoms with van der Waals surface area (Å²) in [5.41, 5.74) is 9.99. The molecular weight excluding hydrogens is 452 g/mol. The van der Waals surface area contributed by atoms with Gasteiger partial charge in [-0.15, -0.1) is 0 Å². The fourth-order valence-corrected chi connectivity index (χ4v) is 4.81. The number of ether oxygens (including phenoxy) is 1. The van der Waals surface area contributed by atoms with Crippen molar-refractivity contribution in [2.75, 3.05) is 45.7 Å². The fraction of sp³-hybridized carbons (Fsp3) is 0.391. The number of nitrogens with zero attached hydrogens (tertiary/aromatic N) is 6. The van der Waals surface area contributed by atoms with Crippen LogP contribution in [0.5, 0.6) is 5.75 Å². The predicted molar refractivity (Wildman–Crippen MR) is 131 cm³/mol. The Morgan fingerprint density at radius 1 is 1.20 bits per heavy atom. The summed E-state index contributed by atoms with van der Waals surface area (Å²) in [6.07, 6.45) is 3.05. The number of rotatable bonds is 5. The van der Waals surface area contributed by atoms with Crippen molar-refractivity contribution in [2.45, 2.75) is 12.8 Å². The smallest absolute Gasteiger partial charge is 0.269 e. The number of primary amides is 1. The number of aromatic nitrogens is 4. The van der Waals surface area contributed by atoms with Gasteiger partial charge in [0, 0.05) is 30.9 Å². The van der Waals surface area contributed by atoms with E-state index in [1.54, 1.807) is 50.3 Å². The predicted octanol–water partition coefficient (Wildman–Crippen LogP) is 1.59. The molecule has 3 N–H and O–H groups in total. The highest BCUT2D eigenvalue weighted by molar-refractivity contribution is 5.94. The quantitative estimate of drug-likeness (QED) is 0.412. The van der Waals surface area contributed by atoms with Crippen LogP contribution in [0.4, 0.5) is 17.3 Å². The molecule has 2 aliphatic rings. The molecule has 2 aromatic heterocycles. The number of fused-ring (bicyclic) bond motifs is 3. The zero-order chi connectivity index (χ0) is 25.0. The van der Waals surface area contributed by atoms with Gasteiger partial charge < -0.3 is 35.5 Å². The van der Waals surface area contributed by atoms with Crippen LogP contribution in [0.3, 0.4) is 0 Å². The number of carbonyl (C=O) groups excluding carboxylic acids is 1. The number of nitrogens with one attached hydrogen (secondary N) is 1. The van der Waals surface area contributed by atoms with Gasteiger partial charge in [-0.3, -0.25) is 9.48 Å². The number of carbonyl (C=O) groups is 1. The Balaban J connectivity index is 1.49. The Morgan fingerprint density at radius 3 is 2.63 bits per heavy atom. The molecule has 0 radical (unpaired) electrons. The van der Waals surface area contributed by atoms with Gasteiger partial charge in [0.25, 0.3) is 5.91 Å². The Morgan fingerprint density at radius 2 is 1.94 bits per heavy atom. The van der Waals surface area contributed by atoms with Gasteiger partial charge in [0.15, 0.2) is 5.69 Å². The number of likely N-dealkylation sites (N-methyl/N-ethyl adjacent to an activating group) is 1. The average molecular weight is 481 g/mol. The van der Waals surface area contributed by atoms with E-state index >= 15 is 0 Å². The molecule has 0 atom stereocenters. The van der Waals surface area contributed by atoms with Crippen molar-refractivity contribution in [2.24, 2.45) is 12.8 Å². The molecule has 12 heteroatoms. The number of hydrogen-bond donors (Lipinski definition) is 2. The third kappa shape index (κ3) is 4.10. The van der Waals surface area contributed by atoms with Crippen LogP contribution >= 0.6 is 0 Å². The molecule has 0 spiro atoms. The topological polar surface area (TPSA) is 154 Å². The SMILES string of the molecule is COc1ccc([N+]2([O-])CC[N+](C)([O-])CC2)cc1Nc1ncc2c(n1)-c1c(c(C(N)=O)nn1C)CC2. The highest BCUT2D eigenvalue weighted by Gasteiger charge is 2.32. The molecule has 1 aliphatic carbocycles. The van der Waals surface area contributed by atoms with Gasteiger partial charge >= 0.3 is 0 Å². The van der Waals surface area contributed by atoms with E-state index < -0.39 is 15.2 Å². The summed E-state index contributed by atoms with van der Waals surface area (Å²) in [4.78, 5) is 21.0. The van der Waals surface area contributed by atoms with E-state index in [1.807, 2.05) is 0 Å². The molecule has 1 saturated heterocycles. The molecule has 1 aliphatic heterocycles. The summed E-state index contributed by atoms with van der Waals surface area (Å²) in [5.74, 6) is 0.275. The lowest BCUT2D eigenvalue weighted by atomic mass is 9.93. The second-order valence-electron chi connectivity index (χ2n) is 9.32. The summed E-state index contributed by atoms with van der Waals surface area (Å²) in [6.45, 7) is 0.915. The first-order chi connectivity index (χ1) is 16.6. The second-order valence-corrected chi connectivity index (χ2v) is 9.32. The highest BCUT2D eigenvalue weighted by atomic mass is 16.6. The number of benzene rings is 1. The molecule has 12 nitrogen and oxygen atoms in total. The molecule has 0 unspecified atom stereocenters. The minimum absolute atomic E-state index is 0.201. The van der Waals surface area contributed by atoms with Gasteiger partial charge in [-0.05, 0) is 24.5 Å². The maximum Gasteiger partial charge on any atom is 0.269 e. The Hall–Kier alpha value is -3.58. The van der Waals surface area contributed by atoms with Crippen molar-refractivity contribution in [1.82, 2.24) is 24.4 Å². The lowest BCUT2D eigenvalue weighted by Gasteiger charge is -2.52.